The maximum atomic E-state index is 13.5. The van der Waals surface area contributed by atoms with Crippen molar-refractivity contribution in [1.29, 1.82) is 0 Å². The zero-order valence-electron chi connectivity index (χ0n) is 15.8. The number of thiophene rings is 1. The van der Waals surface area contributed by atoms with Gasteiger partial charge >= 0.3 is 0 Å². The second kappa shape index (κ2) is 8.78. The Labute approximate surface area is 170 Å². The van der Waals surface area contributed by atoms with E-state index in [0.29, 0.717) is 23.7 Å². The van der Waals surface area contributed by atoms with Gasteiger partial charge in [-0.1, -0.05) is 50.1 Å². The van der Waals surface area contributed by atoms with Crippen LogP contribution in [0.15, 0.2) is 23.8 Å². The second-order valence-electron chi connectivity index (χ2n) is 7.97. The number of amides is 1. The van der Waals surface area contributed by atoms with E-state index in [2.05, 4.69) is 21.4 Å². The fourth-order valence-electron chi connectivity index (χ4n) is 4.66. The molecular weight excluding hydrogens is 378 g/mol. The van der Waals surface area contributed by atoms with Gasteiger partial charge in [0.05, 0.1) is 22.6 Å². The van der Waals surface area contributed by atoms with E-state index in [1.807, 2.05) is 10.9 Å². The maximum Gasteiger partial charge on any atom is 0.264 e. The molecule has 2 aromatic rings. The van der Waals surface area contributed by atoms with Gasteiger partial charge in [-0.25, -0.2) is 0 Å². The number of rotatable bonds is 5. The third-order valence-corrected chi connectivity index (χ3v) is 7.14. The predicted molar refractivity (Wildman–Crippen MR) is 111 cm³/mol. The van der Waals surface area contributed by atoms with Crippen molar-refractivity contribution in [3.8, 4) is 0 Å². The van der Waals surface area contributed by atoms with Crippen molar-refractivity contribution in [3.05, 3.63) is 39.3 Å². The summed E-state index contributed by atoms with van der Waals surface area (Å²) in [6, 6.07) is 2.93. The number of nitrogens with zero attached hydrogens (tertiary/aromatic N) is 3. The Morgan fingerprint density at radius 2 is 1.74 bits per heavy atom. The first-order chi connectivity index (χ1) is 13.2. The van der Waals surface area contributed by atoms with Gasteiger partial charge in [0, 0.05) is 18.3 Å². The van der Waals surface area contributed by atoms with Crippen LogP contribution >= 0.6 is 22.9 Å². The van der Waals surface area contributed by atoms with Gasteiger partial charge in [0.25, 0.3) is 5.91 Å². The maximum absolute atomic E-state index is 13.5. The van der Waals surface area contributed by atoms with Crippen LogP contribution in [0.1, 0.15) is 79.4 Å². The van der Waals surface area contributed by atoms with Crippen molar-refractivity contribution in [1.82, 2.24) is 14.7 Å². The van der Waals surface area contributed by atoms with Gasteiger partial charge in [-0.05, 0) is 42.7 Å². The van der Waals surface area contributed by atoms with E-state index in [1.165, 1.54) is 64.2 Å². The lowest BCUT2D eigenvalue weighted by molar-refractivity contribution is 0.0453. The molecule has 4 rings (SSSR count). The molecule has 0 saturated heterocycles. The molecule has 6 heteroatoms. The Morgan fingerprint density at radius 1 is 1.11 bits per heavy atom. The Bertz CT molecular complexity index is 741. The minimum Gasteiger partial charge on any atom is -0.332 e. The summed E-state index contributed by atoms with van der Waals surface area (Å²) in [7, 11) is 0. The van der Waals surface area contributed by atoms with Crippen molar-refractivity contribution in [3.63, 3.8) is 0 Å². The van der Waals surface area contributed by atoms with E-state index in [1.54, 1.807) is 17.5 Å². The van der Waals surface area contributed by atoms with Gasteiger partial charge in [-0.2, -0.15) is 5.10 Å². The van der Waals surface area contributed by atoms with Gasteiger partial charge in [0.1, 0.15) is 0 Å². The molecule has 27 heavy (non-hydrogen) atoms. The van der Waals surface area contributed by atoms with Crippen LogP contribution in [0.4, 0.5) is 0 Å². The normalized spacial score (nSPS) is 19.3. The standard InChI is InChI=1S/C21H28ClN3OS/c22-17-12-23-24(14-17)13-16-11-20(27-15-16)21(26)25(18-7-3-1-4-8-18)19-9-5-2-6-10-19/h11-12,14-15,18-19H,1-10,13H2. The van der Waals surface area contributed by atoms with Crippen LogP contribution < -0.4 is 0 Å². The molecule has 146 valence electrons. The quantitative estimate of drug-likeness (QED) is 0.634. The zero-order valence-corrected chi connectivity index (χ0v) is 17.4. The number of carbonyl (C=O) groups is 1. The summed E-state index contributed by atoms with van der Waals surface area (Å²) in [5, 5.41) is 6.97. The molecule has 2 fully saturated rings. The number of aromatic nitrogens is 2. The van der Waals surface area contributed by atoms with Crippen molar-refractivity contribution in [2.75, 3.05) is 0 Å². The molecule has 0 radical (unpaired) electrons. The van der Waals surface area contributed by atoms with Crippen molar-refractivity contribution in [2.24, 2.45) is 0 Å². The molecule has 2 heterocycles. The van der Waals surface area contributed by atoms with E-state index in [4.69, 9.17) is 11.6 Å². The van der Waals surface area contributed by atoms with E-state index in [9.17, 15) is 4.79 Å². The van der Waals surface area contributed by atoms with E-state index < -0.39 is 0 Å². The second-order valence-corrected chi connectivity index (χ2v) is 9.32. The summed E-state index contributed by atoms with van der Waals surface area (Å²) in [6.07, 6.45) is 15.8. The molecule has 0 aliphatic heterocycles. The number of carbonyl (C=O) groups excluding carboxylic acids is 1. The summed E-state index contributed by atoms with van der Waals surface area (Å²) in [5.74, 6) is 0.253. The van der Waals surface area contributed by atoms with Crippen LogP contribution in [0.5, 0.6) is 0 Å². The molecule has 2 aliphatic rings. The van der Waals surface area contributed by atoms with E-state index >= 15 is 0 Å². The molecule has 0 atom stereocenters. The third-order valence-electron chi connectivity index (χ3n) is 5.98. The number of hydrogen-bond donors (Lipinski definition) is 0. The topological polar surface area (TPSA) is 38.1 Å². The van der Waals surface area contributed by atoms with Crippen LogP contribution in [-0.2, 0) is 6.54 Å². The highest BCUT2D eigenvalue weighted by Crippen LogP contribution is 2.32. The largest absolute Gasteiger partial charge is 0.332 e. The zero-order chi connectivity index (χ0) is 18.6. The van der Waals surface area contributed by atoms with Crippen molar-refractivity contribution < 1.29 is 4.79 Å². The minimum absolute atomic E-state index is 0.253. The first-order valence-corrected chi connectivity index (χ1v) is 11.5. The van der Waals surface area contributed by atoms with Crippen LogP contribution in [0.25, 0.3) is 0 Å². The molecule has 4 nitrogen and oxygen atoms in total. The minimum atomic E-state index is 0.253. The summed E-state index contributed by atoms with van der Waals surface area (Å²) in [5.41, 5.74) is 1.12. The third kappa shape index (κ3) is 4.57. The van der Waals surface area contributed by atoms with Crippen LogP contribution in [0.2, 0.25) is 5.02 Å². The lowest BCUT2D eigenvalue weighted by Crippen LogP contribution is -2.48. The molecule has 2 aromatic heterocycles. The smallest absolute Gasteiger partial charge is 0.264 e. The fraction of sp³-hybridized carbons (Fsp3) is 0.619. The molecule has 0 bridgehead atoms. The Morgan fingerprint density at radius 3 is 2.30 bits per heavy atom. The lowest BCUT2D eigenvalue weighted by atomic mass is 9.88. The molecule has 0 aromatic carbocycles. The highest BCUT2D eigenvalue weighted by atomic mass is 35.5. The predicted octanol–water partition coefficient (Wildman–Crippen LogP) is 5.75. The number of hydrogen-bond acceptors (Lipinski definition) is 3. The van der Waals surface area contributed by atoms with Gasteiger partial charge in [-0.3, -0.25) is 9.48 Å². The first kappa shape index (κ1) is 19.0. The van der Waals surface area contributed by atoms with Crippen molar-refractivity contribution in [2.45, 2.75) is 82.8 Å². The molecule has 0 spiro atoms. The average molecular weight is 406 g/mol. The van der Waals surface area contributed by atoms with Gasteiger partial charge < -0.3 is 4.90 Å². The summed E-state index contributed by atoms with van der Waals surface area (Å²) in [6.45, 7) is 0.656. The van der Waals surface area contributed by atoms with Crippen LogP contribution in [0.3, 0.4) is 0 Å². The molecule has 0 N–H and O–H groups in total. The van der Waals surface area contributed by atoms with E-state index in [-0.39, 0.29) is 5.91 Å². The Kier molecular flexibility index (Phi) is 6.18. The Balaban J connectivity index is 1.51. The van der Waals surface area contributed by atoms with E-state index in [0.717, 1.165) is 10.4 Å². The highest BCUT2D eigenvalue weighted by molar-refractivity contribution is 7.12. The summed E-state index contributed by atoms with van der Waals surface area (Å²) in [4.78, 5) is 16.7. The SMILES string of the molecule is O=C(c1cc(Cn2cc(Cl)cn2)cs1)N(C1CCCCC1)C1CCCCC1. The van der Waals surface area contributed by atoms with Gasteiger partial charge in [0.15, 0.2) is 0 Å². The van der Waals surface area contributed by atoms with Gasteiger partial charge in [-0.15, -0.1) is 11.3 Å². The summed E-state index contributed by atoms with van der Waals surface area (Å²) < 4.78 is 1.82. The monoisotopic (exact) mass is 405 g/mol. The average Bonchev–Trinajstić information content (AvgIpc) is 3.33. The first-order valence-electron chi connectivity index (χ1n) is 10.3. The highest BCUT2D eigenvalue weighted by Gasteiger charge is 2.33. The number of halogens is 1. The fourth-order valence-corrected chi connectivity index (χ4v) is 5.66. The van der Waals surface area contributed by atoms with Gasteiger partial charge in [0.2, 0.25) is 0 Å². The lowest BCUT2D eigenvalue weighted by Gasteiger charge is -2.41. The molecule has 1 amide bonds. The molecular formula is C21H28ClN3OS. The van der Waals surface area contributed by atoms with Crippen LogP contribution in [0, 0.1) is 0 Å². The molecule has 2 aliphatic carbocycles. The molecule has 2 saturated carbocycles. The van der Waals surface area contributed by atoms with Crippen molar-refractivity contribution >= 4 is 28.8 Å². The summed E-state index contributed by atoms with van der Waals surface area (Å²) >= 11 is 7.53. The molecule has 0 unspecified atom stereocenters. The Hall–Kier alpha value is -1.33. The van der Waals surface area contributed by atoms with Crippen LogP contribution in [-0.4, -0.2) is 32.7 Å².